The van der Waals surface area contributed by atoms with E-state index in [4.69, 9.17) is 28.1 Å². The largest absolute Gasteiger partial charge is 0.361 e. The zero-order chi connectivity index (χ0) is 37.5. The Balaban J connectivity index is 1.47. The SMILES string of the molecule is Cc1cc(-c2ccc(Cl)c3c2CNC(=O)[C@H](Cc2c[nH]c4ccccc24)N(C)C(=O)[C@H](CN)NC(=O)[C@H](CCCN)NCc2cccnc2S3)ccn1. The summed E-state index contributed by atoms with van der Waals surface area (Å²) in [6.45, 7) is 2.56. The topological polar surface area (TPSA) is 184 Å². The fraction of sp³-hybridized carbons (Fsp3) is 0.308. The van der Waals surface area contributed by atoms with Crippen LogP contribution in [0, 0.1) is 6.92 Å². The van der Waals surface area contributed by atoms with Crippen molar-refractivity contribution < 1.29 is 14.4 Å². The van der Waals surface area contributed by atoms with Crippen LogP contribution in [0.3, 0.4) is 0 Å². The number of pyridine rings is 2. The lowest BCUT2D eigenvalue weighted by atomic mass is 9.99. The molecule has 0 saturated heterocycles. The van der Waals surface area contributed by atoms with Crippen molar-refractivity contribution in [1.82, 2.24) is 35.8 Å². The molecule has 8 N–H and O–H groups in total. The quantitative estimate of drug-likeness (QED) is 0.143. The number of rotatable bonds is 7. The van der Waals surface area contributed by atoms with E-state index in [1.807, 2.05) is 73.8 Å². The molecule has 1 aliphatic rings. The third-order valence-electron chi connectivity index (χ3n) is 9.52. The van der Waals surface area contributed by atoms with Crippen LogP contribution in [0.1, 0.15) is 35.2 Å². The standard InChI is InChI=1S/C39H44ClN9O3S/c1-23-17-24(13-16-43-23)27-11-12-30(40)35-29(27)22-47-37(51)34(18-26-21-45-31-9-4-3-8-28(26)31)49(2)39(52)33(19-42)48-36(50)32(10-5-14-41)46-20-25-7-6-15-44-38(25)53-35/h3-4,6-9,11-13,15-17,21,32-34,45-46H,5,10,14,18-20,22,41-42H2,1-2H3,(H,47,51)(H,48,50)/t32-,33-,34-/m0/s1. The second-order valence-corrected chi connectivity index (χ2v) is 14.5. The summed E-state index contributed by atoms with van der Waals surface area (Å²) in [7, 11) is 1.57. The van der Waals surface area contributed by atoms with E-state index in [-0.39, 0.29) is 31.3 Å². The lowest BCUT2D eigenvalue weighted by Gasteiger charge is -2.31. The van der Waals surface area contributed by atoms with Crippen molar-refractivity contribution in [1.29, 1.82) is 0 Å². The first-order chi connectivity index (χ1) is 25.7. The van der Waals surface area contributed by atoms with Crippen molar-refractivity contribution in [3.05, 3.63) is 107 Å². The number of amides is 3. The Labute approximate surface area is 317 Å². The molecular weight excluding hydrogens is 710 g/mol. The number of carbonyl (C=O) groups is 3. The summed E-state index contributed by atoms with van der Waals surface area (Å²) in [4.78, 5) is 56.9. The summed E-state index contributed by atoms with van der Waals surface area (Å²) >= 11 is 8.38. The third kappa shape index (κ3) is 8.72. The molecule has 14 heteroatoms. The highest BCUT2D eigenvalue weighted by Gasteiger charge is 2.34. The molecule has 12 nitrogen and oxygen atoms in total. The number of nitrogens with zero attached hydrogens (tertiary/aromatic N) is 3. The van der Waals surface area contributed by atoms with Gasteiger partial charge in [-0.1, -0.05) is 53.7 Å². The van der Waals surface area contributed by atoms with E-state index in [2.05, 4.69) is 25.9 Å². The van der Waals surface area contributed by atoms with Gasteiger partial charge in [0.2, 0.25) is 17.7 Å². The van der Waals surface area contributed by atoms with Gasteiger partial charge >= 0.3 is 0 Å². The van der Waals surface area contributed by atoms with Crippen molar-refractivity contribution in [3.63, 3.8) is 0 Å². The number of carbonyl (C=O) groups excluding carboxylic acids is 3. The first-order valence-electron chi connectivity index (χ1n) is 17.6. The summed E-state index contributed by atoms with van der Waals surface area (Å²) in [6, 6.07) is 16.5. The Hall–Kier alpha value is -4.79. The van der Waals surface area contributed by atoms with Crippen molar-refractivity contribution in [3.8, 4) is 11.1 Å². The summed E-state index contributed by atoms with van der Waals surface area (Å²) < 4.78 is 0. The molecule has 0 aliphatic carbocycles. The van der Waals surface area contributed by atoms with Crippen LogP contribution in [0.4, 0.5) is 0 Å². The molecule has 0 fully saturated rings. The zero-order valence-corrected chi connectivity index (χ0v) is 31.3. The number of aromatic amines is 1. The van der Waals surface area contributed by atoms with E-state index in [0.29, 0.717) is 36.0 Å². The number of para-hydroxylation sites is 1. The Morgan fingerprint density at radius 3 is 2.58 bits per heavy atom. The average Bonchev–Trinajstić information content (AvgIpc) is 3.58. The van der Waals surface area contributed by atoms with Gasteiger partial charge in [0.25, 0.3) is 0 Å². The molecule has 0 unspecified atom stereocenters. The van der Waals surface area contributed by atoms with Crippen LogP contribution in [0.2, 0.25) is 5.02 Å². The molecule has 2 aromatic carbocycles. The predicted octanol–water partition coefficient (Wildman–Crippen LogP) is 4.08. The van der Waals surface area contributed by atoms with Crippen LogP contribution in [0.15, 0.2) is 89.2 Å². The predicted molar refractivity (Wildman–Crippen MR) is 208 cm³/mol. The fourth-order valence-corrected chi connectivity index (χ4v) is 7.94. The highest BCUT2D eigenvalue weighted by atomic mass is 35.5. The van der Waals surface area contributed by atoms with Gasteiger partial charge in [-0.05, 0) is 84.5 Å². The molecule has 0 radical (unpaired) electrons. The van der Waals surface area contributed by atoms with E-state index < -0.39 is 24.0 Å². The van der Waals surface area contributed by atoms with Gasteiger partial charge in [0.05, 0.1) is 11.1 Å². The molecule has 6 rings (SSSR count). The second kappa shape index (κ2) is 17.4. The van der Waals surface area contributed by atoms with Crippen LogP contribution in [-0.2, 0) is 33.9 Å². The lowest BCUT2D eigenvalue weighted by Crippen LogP contribution is -2.59. The Morgan fingerprint density at radius 1 is 0.962 bits per heavy atom. The summed E-state index contributed by atoms with van der Waals surface area (Å²) in [5.41, 5.74) is 18.0. The molecule has 1 aliphatic heterocycles. The number of nitrogens with one attached hydrogen (secondary N) is 4. The van der Waals surface area contributed by atoms with Gasteiger partial charge in [0.15, 0.2) is 0 Å². The number of H-pyrrole nitrogens is 1. The van der Waals surface area contributed by atoms with Crippen LogP contribution >= 0.6 is 23.4 Å². The maximum absolute atomic E-state index is 14.5. The summed E-state index contributed by atoms with van der Waals surface area (Å²) in [6.07, 6.45) is 6.53. The fourth-order valence-electron chi connectivity index (χ4n) is 6.60. The van der Waals surface area contributed by atoms with Crippen molar-refractivity contribution in [2.45, 2.75) is 67.3 Å². The minimum Gasteiger partial charge on any atom is -0.361 e. The second-order valence-electron chi connectivity index (χ2n) is 13.1. The maximum Gasteiger partial charge on any atom is 0.246 e. The number of aryl methyl sites for hydroxylation is 1. The maximum atomic E-state index is 14.5. The van der Waals surface area contributed by atoms with Crippen molar-refractivity contribution >= 4 is 52.0 Å². The smallest absolute Gasteiger partial charge is 0.246 e. The Morgan fingerprint density at radius 2 is 1.79 bits per heavy atom. The molecule has 3 amide bonds. The van der Waals surface area contributed by atoms with Gasteiger partial charge in [0.1, 0.15) is 17.1 Å². The number of benzene rings is 2. The third-order valence-corrected chi connectivity index (χ3v) is 11.2. The summed E-state index contributed by atoms with van der Waals surface area (Å²) in [5.74, 6) is -1.25. The van der Waals surface area contributed by atoms with E-state index in [1.54, 1.807) is 19.4 Å². The van der Waals surface area contributed by atoms with Gasteiger partial charge in [-0.2, -0.15) is 0 Å². The monoisotopic (exact) mass is 753 g/mol. The van der Waals surface area contributed by atoms with E-state index in [1.165, 1.54) is 16.7 Å². The zero-order valence-electron chi connectivity index (χ0n) is 29.7. The van der Waals surface area contributed by atoms with Crippen LogP contribution in [0.25, 0.3) is 22.0 Å². The molecule has 276 valence electrons. The highest BCUT2D eigenvalue weighted by Crippen LogP contribution is 2.41. The minimum absolute atomic E-state index is 0.101. The average molecular weight is 754 g/mol. The first kappa shape index (κ1) is 38.0. The van der Waals surface area contributed by atoms with E-state index >= 15 is 0 Å². The number of aromatic nitrogens is 3. The van der Waals surface area contributed by atoms with Crippen LogP contribution in [-0.4, -0.2) is 75.8 Å². The Kier molecular flexibility index (Phi) is 12.4. The lowest BCUT2D eigenvalue weighted by molar-refractivity contribution is -0.141. The van der Waals surface area contributed by atoms with Crippen molar-refractivity contribution in [2.24, 2.45) is 11.5 Å². The van der Waals surface area contributed by atoms with Gasteiger partial charge in [-0.3, -0.25) is 19.4 Å². The summed E-state index contributed by atoms with van der Waals surface area (Å²) in [5, 5.41) is 11.5. The highest BCUT2D eigenvalue weighted by molar-refractivity contribution is 7.99. The molecule has 4 heterocycles. The number of fused-ring (bicyclic) bond motifs is 3. The van der Waals surface area contributed by atoms with Gasteiger partial charge in [-0.15, -0.1) is 0 Å². The normalized spacial score (nSPS) is 18.9. The molecule has 0 bridgehead atoms. The number of halogens is 1. The van der Waals surface area contributed by atoms with Crippen LogP contribution < -0.4 is 27.4 Å². The molecule has 0 spiro atoms. The van der Waals surface area contributed by atoms with Gasteiger partial charge < -0.3 is 37.3 Å². The number of likely N-dealkylation sites (N-methyl/N-ethyl adjacent to an activating group) is 1. The minimum atomic E-state index is -1.07. The van der Waals surface area contributed by atoms with Gasteiger partial charge in [0, 0.05) is 73.2 Å². The molecule has 5 aromatic rings. The van der Waals surface area contributed by atoms with Crippen molar-refractivity contribution in [2.75, 3.05) is 20.1 Å². The number of hydrogen-bond donors (Lipinski definition) is 6. The molecule has 3 aromatic heterocycles. The molecule has 53 heavy (non-hydrogen) atoms. The number of nitrogens with two attached hydrogens (primary N) is 2. The molecule has 0 saturated carbocycles. The van der Waals surface area contributed by atoms with Gasteiger partial charge in [-0.25, -0.2) is 4.98 Å². The molecular formula is C39H44ClN9O3S. The van der Waals surface area contributed by atoms with E-state index in [9.17, 15) is 14.4 Å². The van der Waals surface area contributed by atoms with E-state index in [0.717, 1.165) is 49.3 Å². The first-order valence-corrected chi connectivity index (χ1v) is 18.8. The molecule has 3 atom stereocenters. The van der Waals surface area contributed by atoms with Crippen LogP contribution in [0.5, 0.6) is 0 Å². The Bertz CT molecular complexity index is 2110. The number of hydrogen-bond acceptors (Lipinski definition) is 9.